The van der Waals surface area contributed by atoms with E-state index in [4.69, 9.17) is 0 Å². The smallest absolute Gasteiger partial charge is 0.257 e. The molecule has 37 heavy (non-hydrogen) atoms. The van der Waals surface area contributed by atoms with Crippen molar-refractivity contribution in [1.82, 2.24) is 5.32 Å². The van der Waals surface area contributed by atoms with Crippen molar-refractivity contribution >= 4 is 11.7 Å². The van der Waals surface area contributed by atoms with Crippen molar-refractivity contribution in [2.45, 2.75) is 79.4 Å². The Labute approximate surface area is 221 Å². The number of carbonyl (C=O) groups is 2. The zero-order chi connectivity index (χ0) is 27.1. The van der Waals surface area contributed by atoms with Gasteiger partial charge in [-0.25, -0.2) is 0 Å². The Bertz CT molecular complexity index is 1150. The van der Waals surface area contributed by atoms with Crippen molar-refractivity contribution < 1.29 is 19.8 Å². The van der Waals surface area contributed by atoms with Crippen molar-refractivity contribution in [1.29, 1.82) is 0 Å². The molecular formula is C32H43NO4. The predicted molar refractivity (Wildman–Crippen MR) is 147 cm³/mol. The summed E-state index contributed by atoms with van der Waals surface area (Å²) in [7, 11) is 0. The lowest BCUT2D eigenvalue weighted by molar-refractivity contribution is -0.129. The van der Waals surface area contributed by atoms with E-state index in [9.17, 15) is 19.8 Å². The highest BCUT2D eigenvalue weighted by Crippen LogP contribution is 2.56. The van der Waals surface area contributed by atoms with Crippen LogP contribution in [0.4, 0.5) is 0 Å². The maximum Gasteiger partial charge on any atom is 0.257 e. The zero-order valence-corrected chi connectivity index (χ0v) is 23.2. The minimum Gasteiger partial charge on any atom is -0.508 e. The summed E-state index contributed by atoms with van der Waals surface area (Å²) in [5.41, 5.74) is 1.50. The van der Waals surface area contributed by atoms with Crippen molar-refractivity contribution in [3.8, 4) is 5.75 Å². The number of aliphatic hydroxyl groups is 1. The third-order valence-corrected chi connectivity index (χ3v) is 9.06. The van der Waals surface area contributed by atoms with Crippen LogP contribution in [-0.4, -0.2) is 27.6 Å². The molecular weight excluding hydrogens is 462 g/mol. The number of hydrogen-bond acceptors (Lipinski definition) is 4. The van der Waals surface area contributed by atoms with E-state index in [1.807, 2.05) is 0 Å². The topological polar surface area (TPSA) is 86.6 Å². The number of amides is 1. The fourth-order valence-corrected chi connectivity index (χ4v) is 7.31. The Morgan fingerprint density at radius 1 is 1.22 bits per heavy atom. The molecule has 200 valence electrons. The molecule has 7 atom stereocenters. The van der Waals surface area contributed by atoms with Crippen LogP contribution in [0.5, 0.6) is 5.75 Å². The quantitative estimate of drug-likeness (QED) is 0.319. The number of ketones is 1. The summed E-state index contributed by atoms with van der Waals surface area (Å²) in [4.78, 5) is 27.5. The number of Topliss-reactive ketones (excluding diaryl/α,β-unsaturated/α-hetero) is 1. The van der Waals surface area contributed by atoms with Gasteiger partial charge in [0.05, 0.1) is 5.57 Å². The molecule has 1 fully saturated rings. The molecule has 0 saturated heterocycles. The monoisotopic (exact) mass is 505 g/mol. The van der Waals surface area contributed by atoms with Crippen LogP contribution in [0.1, 0.15) is 72.8 Å². The standard InChI is InChI=1S/C32H43NO4/c1-7-19(2)14-21(4)27-22(5)16-31(6)15-20(3)8-13-26(31)28(27)29(35)25-18-32(37,33-30(25)36)17-23-9-11-24(34)12-10-23/h9-12,14,16,18-20,26-28,34,37H,7-8,13,15,17H2,1-6H3,(H,33,36)/b21-14+/t19-,20+,26-,27+,28-,31-,32-/m1/s1. The van der Waals surface area contributed by atoms with Gasteiger partial charge in [0.15, 0.2) is 11.5 Å². The summed E-state index contributed by atoms with van der Waals surface area (Å²) in [6.45, 7) is 13.2. The van der Waals surface area contributed by atoms with Crippen LogP contribution in [0.25, 0.3) is 0 Å². The maximum atomic E-state index is 14.4. The second-order valence-corrected chi connectivity index (χ2v) is 12.3. The van der Waals surface area contributed by atoms with Gasteiger partial charge in [0.25, 0.3) is 5.91 Å². The van der Waals surface area contributed by atoms with Crippen molar-refractivity contribution in [2.75, 3.05) is 0 Å². The molecule has 1 amide bonds. The molecule has 3 N–H and O–H groups in total. The van der Waals surface area contributed by atoms with Crippen molar-refractivity contribution in [3.63, 3.8) is 0 Å². The first-order valence-electron chi connectivity index (χ1n) is 13.8. The number of phenolic OH excluding ortho intramolecular Hbond substituents is 1. The van der Waals surface area contributed by atoms with Gasteiger partial charge in [0, 0.05) is 18.3 Å². The third kappa shape index (κ3) is 5.47. The Kier molecular flexibility index (Phi) is 7.58. The van der Waals surface area contributed by atoms with Crippen molar-refractivity contribution in [3.05, 3.63) is 64.8 Å². The highest BCUT2D eigenvalue weighted by Gasteiger charge is 2.53. The summed E-state index contributed by atoms with van der Waals surface area (Å²) in [6, 6.07) is 6.50. The van der Waals surface area contributed by atoms with Crippen LogP contribution >= 0.6 is 0 Å². The molecule has 5 nitrogen and oxygen atoms in total. The molecule has 1 saturated carbocycles. The SMILES string of the molecule is CC[C@@H](C)/C=C(\C)[C@H]1C(C)=C[C@@]2(C)C[C@@H](C)CC[C@@H]2[C@H]1C(=O)C1=C[C@](O)(Cc2ccc(O)cc2)NC1=O. The Balaban J connectivity index is 1.73. The molecule has 1 aromatic carbocycles. The predicted octanol–water partition coefficient (Wildman–Crippen LogP) is 5.88. The molecule has 4 rings (SSSR count). The molecule has 0 spiro atoms. The number of rotatable bonds is 7. The molecule has 5 heteroatoms. The summed E-state index contributed by atoms with van der Waals surface area (Å²) in [6.07, 6.45) is 10.4. The minimum absolute atomic E-state index is 0.0486. The first-order chi connectivity index (χ1) is 17.4. The van der Waals surface area contributed by atoms with Gasteiger partial charge in [0.1, 0.15) is 5.75 Å². The minimum atomic E-state index is -1.64. The lowest BCUT2D eigenvalue weighted by Crippen LogP contribution is -2.48. The molecule has 3 aliphatic rings. The number of allylic oxidation sites excluding steroid dienone is 4. The van der Waals surface area contributed by atoms with E-state index in [0.717, 1.165) is 31.2 Å². The summed E-state index contributed by atoms with van der Waals surface area (Å²) in [5.74, 6) is 0.236. The molecule has 1 aromatic rings. The van der Waals surface area contributed by atoms with Gasteiger partial charge in [0.2, 0.25) is 0 Å². The number of hydrogen-bond donors (Lipinski definition) is 3. The Morgan fingerprint density at radius 2 is 1.89 bits per heavy atom. The average Bonchev–Trinajstić information content (AvgIpc) is 3.12. The van der Waals surface area contributed by atoms with Crippen molar-refractivity contribution in [2.24, 2.45) is 35.0 Å². The average molecular weight is 506 g/mol. The number of aromatic hydroxyl groups is 1. The molecule has 0 bridgehead atoms. The lowest BCUT2D eigenvalue weighted by Gasteiger charge is -2.52. The summed E-state index contributed by atoms with van der Waals surface area (Å²) >= 11 is 0. The lowest BCUT2D eigenvalue weighted by atomic mass is 9.52. The number of fused-ring (bicyclic) bond motifs is 1. The fraction of sp³-hybridized carbons (Fsp3) is 0.562. The maximum absolute atomic E-state index is 14.4. The van der Waals surface area contributed by atoms with Crippen LogP contribution < -0.4 is 5.32 Å². The van der Waals surface area contributed by atoms with Crippen LogP contribution in [0.15, 0.2) is 59.2 Å². The highest BCUT2D eigenvalue weighted by atomic mass is 16.3. The van der Waals surface area contributed by atoms with Crippen LogP contribution in [-0.2, 0) is 16.0 Å². The zero-order valence-electron chi connectivity index (χ0n) is 23.2. The van der Waals surface area contributed by atoms with E-state index < -0.39 is 11.6 Å². The van der Waals surface area contributed by atoms with Gasteiger partial charge in [-0.15, -0.1) is 0 Å². The van der Waals surface area contributed by atoms with E-state index in [1.54, 1.807) is 24.3 Å². The van der Waals surface area contributed by atoms with Gasteiger partial charge in [-0.1, -0.05) is 76.0 Å². The van der Waals surface area contributed by atoms with E-state index in [1.165, 1.54) is 17.2 Å². The van der Waals surface area contributed by atoms with Crippen LogP contribution in [0.2, 0.25) is 0 Å². The molecule has 0 unspecified atom stereocenters. The molecule has 0 radical (unpaired) electrons. The van der Waals surface area contributed by atoms with Gasteiger partial charge in [-0.3, -0.25) is 9.59 Å². The van der Waals surface area contributed by atoms with Crippen LogP contribution in [0, 0.1) is 35.0 Å². The first kappa shape index (κ1) is 27.4. The number of benzene rings is 1. The van der Waals surface area contributed by atoms with E-state index in [0.29, 0.717) is 11.8 Å². The fourth-order valence-electron chi connectivity index (χ4n) is 7.31. The molecule has 2 aliphatic carbocycles. The molecule has 0 aromatic heterocycles. The third-order valence-electron chi connectivity index (χ3n) is 9.06. The largest absolute Gasteiger partial charge is 0.508 e. The van der Waals surface area contributed by atoms with E-state index in [-0.39, 0.29) is 46.7 Å². The first-order valence-corrected chi connectivity index (χ1v) is 13.8. The summed E-state index contributed by atoms with van der Waals surface area (Å²) < 4.78 is 0. The van der Waals surface area contributed by atoms with Crippen LogP contribution in [0.3, 0.4) is 0 Å². The highest BCUT2D eigenvalue weighted by molar-refractivity contribution is 6.22. The number of phenols is 1. The van der Waals surface area contributed by atoms with Gasteiger partial charge < -0.3 is 15.5 Å². The Hall–Kier alpha value is -2.66. The second-order valence-electron chi connectivity index (χ2n) is 12.3. The van der Waals surface area contributed by atoms with Gasteiger partial charge in [-0.2, -0.15) is 0 Å². The number of nitrogens with one attached hydrogen (secondary N) is 1. The van der Waals surface area contributed by atoms with Gasteiger partial charge in [-0.05, 0) is 73.6 Å². The molecule has 1 heterocycles. The molecule has 1 aliphatic heterocycles. The van der Waals surface area contributed by atoms with Gasteiger partial charge >= 0.3 is 0 Å². The normalized spacial score (nSPS) is 34.8. The van der Waals surface area contributed by atoms with E-state index in [2.05, 4.69) is 59.0 Å². The summed E-state index contributed by atoms with van der Waals surface area (Å²) in [5, 5.41) is 23.5. The van der Waals surface area contributed by atoms with E-state index >= 15 is 0 Å². The number of carbonyl (C=O) groups excluding carboxylic acids is 2. The Morgan fingerprint density at radius 3 is 2.54 bits per heavy atom. The second kappa shape index (κ2) is 10.2.